The molecule has 1 radical (unpaired) electrons. The van der Waals surface area contributed by atoms with Gasteiger partial charge in [0, 0.05) is 17.8 Å². The third kappa shape index (κ3) is 3.62. The number of nitrogens with zero attached hydrogens (tertiary/aromatic N) is 1. The van der Waals surface area contributed by atoms with Gasteiger partial charge in [0.1, 0.15) is 0 Å². The first-order chi connectivity index (χ1) is 9.93. The van der Waals surface area contributed by atoms with Crippen LogP contribution < -0.4 is 0 Å². The van der Waals surface area contributed by atoms with Crippen molar-refractivity contribution in [2.75, 3.05) is 0 Å². The Balaban J connectivity index is 1.72. The summed E-state index contributed by atoms with van der Waals surface area (Å²) < 4.78 is 0. The molecule has 0 atom stereocenters. The number of rotatable bonds is 4. The maximum absolute atomic E-state index is 4.68. The largest absolute Gasteiger partial charge is 0.261 e. The molecule has 1 heterocycles. The minimum absolute atomic E-state index is 0.820. The van der Waals surface area contributed by atoms with Gasteiger partial charge in [-0.15, -0.1) is 0 Å². The molecule has 0 aliphatic heterocycles. The average molecular weight is 270 g/mol. The Hall–Kier alpha value is -0.850. The molecule has 1 aromatic heterocycles. The predicted octanol–water partition coefficient (Wildman–Crippen LogP) is 5.55. The lowest BCUT2D eigenvalue weighted by atomic mass is 9.72. The zero-order chi connectivity index (χ0) is 13.6. The van der Waals surface area contributed by atoms with E-state index in [1.165, 1.54) is 76.3 Å². The third-order valence-electron chi connectivity index (χ3n) is 5.33. The molecule has 0 aromatic carbocycles. The van der Waals surface area contributed by atoms with E-state index < -0.39 is 0 Å². The van der Waals surface area contributed by atoms with E-state index in [2.05, 4.69) is 17.1 Å². The first kappa shape index (κ1) is 14.1. The second kappa shape index (κ2) is 7.24. The zero-order valence-electron chi connectivity index (χ0n) is 12.7. The normalized spacial score (nSPS) is 22.2. The van der Waals surface area contributed by atoms with Gasteiger partial charge in [0.05, 0.1) is 0 Å². The molecule has 3 rings (SSSR count). The summed E-state index contributed by atoms with van der Waals surface area (Å²) in [6.07, 6.45) is 17.6. The zero-order valence-corrected chi connectivity index (χ0v) is 12.7. The Morgan fingerprint density at radius 1 is 0.900 bits per heavy atom. The summed E-state index contributed by atoms with van der Waals surface area (Å²) in [5.41, 5.74) is 1.30. The molecule has 1 nitrogen and oxygen atoms in total. The van der Waals surface area contributed by atoms with Gasteiger partial charge in [-0.05, 0) is 43.2 Å². The van der Waals surface area contributed by atoms with E-state index in [1.807, 2.05) is 12.3 Å². The topological polar surface area (TPSA) is 12.9 Å². The fourth-order valence-electron chi connectivity index (χ4n) is 4.19. The first-order valence-corrected chi connectivity index (χ1v) is 8.70. The molecule has 2 aliphatic carbocycles. The molecule has 20 heavy (non-hydrogen) atoms. The van der Waals surface area contributed by atoms with Crippen molar-refractivity contribution in [1.29, 1.82) is 0 Å². The Kier molecular flexibility index (Phi) is 5.11. The van der Waals surface area contributed by atoms with Crippen LogP contribution in [0.2, 0.25) is 0 Å². The lowest BCUT2D eigenvalue weighted by Crippen LogP contribution is -2.22. The van der Waals surface area contributed by atoms with Crippen molar-refractivity contribution >= 4 is 0 Å². The maximum atomic E-state index is 4.68. The van der Waals surface area contributed by atoms with Gasteiger partial charge in [-0.1, -0.05) is 57.4 Å². The molecule has 0 amide bonds. The number of hydrogen-bond donors (Lipinski definition) is 0. The van der Waals surface area contributed by atoms with Crippen LogP contribution in [0.25, 0.3) is 0 Å². The summed E-state index contributed by atoms with van der Waals surface area (Å²) in [6.45, 7) is 0. The number of pyridine rings is 1. The van der Waals surface area contributed by atoms with Crippen molar-refractivity contribution in [3.63, 3.8) is 0 Å². The van der Waals surface area contributed by atoms with Crippen molar-refractivity contribution in [3.8, 4) is 0 Å². The van der Waals surface area contributed by atoms with Crippen molar-refractivity contribution < 1.29 is 0 Å². The van der Waals surface area contributed by atoms with E-state index in [0.29, 0.717) is 0 Å². The van der Waals surface area contributed by atoms with E-state index >= 15 is 0 Å². The predicted molar refractivity (Wildman–Crippen MR) is 84.3 cm³/mol. The van der Waals surface area contributed by atoms with Crippen LogP contribution in [-0.2, 0) is 0 Å². The Bertz CT molecular complexity index is 374. The minimum atomic E-state index is 0.820. The lowest BCUT2D eigenvalue weighted by molar-refractivity contribution is 0.302. The average Bonchev–Trinajstić information content (AvgIpc) is 2.55. The molecule has 2 fully saturated rings. The third-order valence-corrected chi connectivity index (χ3v) is 5.33. The van der Waals surface area contributed by atoms with Crippen molar-refractivity contribution in [3.05, 3.63) is 36.0 Å². The molecule has 0 unspecified atom stereocenters. The summed E-state index contributed by atoms with van der Waals surface area (Å²) in [7, 11) is 0. The summed E-state index contributed by atoms with van der Waals surface area (Å²) >= 11 is 0. The molecule has 109 valence electrons. The molecule has 0 bridgehead atoms. The highest BCUT2D eigenvalue weighted by atomic mass is 14.7. The standard InChI is InChI=1S/C19H28N/c1-3-9-16(10-4-1)15-18(17-11-5-2-6-12-17)19-13-7-8-14-20-19/h7-8,13-14,16-17H,1-6,9-12,15H2. The Morgan fingerprint density at radius 2 is 1.60 bits per heavy atom. The second-order valence-corrected chi connectivity index (χ2v) is 6.78. The van der Waals surface area contributed by atoms with E-state index in [0.717, 1.165) is 11.8 Å². The summed E-state index contributed by atoms with van der Waals surface area (Å²) in [6, 6.07) is 6.45. The van der Waals surface area contributed by atoms with Gasteiger partial charge in [-0.3, -0.25) is 4.98 Å². The second-order valence-electron chi connectivity index (χ2n) is 6.78. The minimum Gasteiger partial charge on any atom is -0.261 e. The molecule has 1 heteroatoms. The van der Waals surface area contributed by atoms with Gasteiger partial charge < -0.3 is 0 Å². The number of hydrogen-bond acceptors (Lipinski definition) is 1. The van der Waals surface area contributed by atoms with E-state index in [9.17, 15) is 0 Å². The smallest absolute Gasteiger partial charge is 0.0477 e. The van der Waals surface area contributed by atoms with Gasteiger partial charge in [-0.25, -0.2) is 0 Å². The SMILES string of the molecule is c1ccc([C](CC2CCCCC2)C2CCCCC2)nc1. The summed E-state index contributed by atoms with van der Waals surface area (Å²) in [5, 5.41) is 0. The lowest BCUT2D eigenvalue weighted by Gasteiger charge is -2.33. The molecule has 0 spiro atoms. The van der Waals surface area contributed by atoms with Crippen molar-refractivity contribution in [2.24, 2.45) is 11.8 Å². The van der Waals surface area contributed by atoms with E-state index in [-0.39, 0.29) is 0 Å². The van der Waals surface area contributed by atoms with Crippen LogP contribution in [0.1, 0.15) is 76.3 Å². The van der Waals surface area contributed by atoms with Crippen LogP contribution >= 0.6 is 0 Å². The molecule has 2 saturated carbocycles. The van der Waals surface area contributed by atoms with Crippen LogP contribution in [0.4, 0.5) is 0 Å². The van der Waals surface area contributed by atoms with Gasteiger partial charge in [0.15, 0.2) is 0 Å². The van der Waals surface area contributed by atoms with Gasteiger partial charge in [0.2, 0.25) is 0 Å². The maximum Gasteiger partial charge on any atom is 0.0477 e. The van der Waals surface area contributed by atoms with Crippen LogP contribution in [0.15, 0.2) is 24.4 Å². The van der Waals surface area contributed by atoms with Crippen molar-refractivity contribution in [1.82, 2.24) is 4.98 Å². The molecular formula is C19H28N. The summed E-state index contributed by atoms with van der Waals surface area (Å²) in [4.78, 5) is 4.68. The Labute approximate surface area is 124 Å². The highest BCUT2D eigenvalue weighted by Gasteiger charge is 2.29. The Morgan fingerprint density at radius 3 is 2.25 bits per heavy atom. The van der Waals surface area contributed by atoms with Crippen LogP contribution in [0.5, 0.6) is 0 Å². The summed E-state index contributed by atoms with van der Waals surface area (Å²) in [5.74, 6) is 3.44. The van der Waals surface area contributed by atoms with Crippen LogP contribution in [-0.4, -0.2) is 4.98 Å². The molecule has 2 aliphatic rings. The highest BCUT2D eigenvalue weighted by Crippen LogP contribution is 2.41. The monoisotopic (exact) mass is 270 g/mol. The highest BCUT2D eigenvalue weighted by molar-refractivity contribution is 5.25. The fraction of sp³-hybridized carbons (Fsp3) is 0.684. The molecule has 0 N–H and O–H groups in total. The molecular weight excluding hydrogens is 242 g/mol. The quantitative estimate of drug-likeness (QED) is 0.698. The molecule has 0 saturated heterocycles. The van der Waals surface area contributed by atoms with Crippen molar-refractivity contribution in [2.45, 2.75) is 70.6 Å². The van der Waals surface area contributed by atoms with E-state index in [1.54, 1.807) is 5.92 Å². The van der Waals surface area contributed by atoms with E-state index in [4.69, 9.17) is 0 Å². The molecule has 1 aromatic rings. The fourth-order valence-corrected chi connectivity index (χ4v) is 4.19. The van der Waals surface area contributed by atoms with Crippen LogP contribution in [0, 0.1) is 17.8 Å². The van der Waals surface area contributed by atoms with Crippen LogP contribution in [0.3, 0.4) is 0 Å². The van der Waals surface area contributed by atoms with Gasteiger partial charge >= 0.3 is 0 Å². The van der Waals surface area contributed by atoms with Gasteiger partial charge in [0.25, 0.3) is 0 Å². The van der Waals surface area contributed by atoms with Gasteiger partial charge in [-0.2, -0.15) is 0 Å². The number of aromatic nitrogens is 1. The first-order valence-electron chi connectivity index (χ1n) is 8.70.